The van der Waals surface area contributed by atoms with Gasteiger partial charge < -0.3 is 9.84 Å². The molecule has 0 amide bonds. The van der Waals surface area contributed by atoms with E-state index < -0.39 is 0 Å². The van der Waals surface area contributed by atoms with Crippen LogP contribution >= 0.6 is 0 Å². The van der Waals surface area contributed by atoms with Crippen LogP contribution in [0.25, 0.3) is 0 Å². The van der Waals surface area contributed by atoms with Gasteiger partial charge in [-0.3, -0.25) is 4.79 Å². The Morgan fingerprint density at radius 2 is 1.48 bits per heavy atom. The van der Waals surface area contributed by atoms with Crippen LogP contribution in [0.2, 0.25) is 0 Å². The van der Waals surface area contributed by atoms with Crippen molar-refractivity contribution in [3.05, 3.63) is 29.8 Å². The first kappa shape index (κ1) is 29.5. The zero-order valence-electron chi connectivity index (χ0n) is 20.6. The van der Waals surface area contributed by atoms with Crippen molar-refractivity contribution in [2.45, 2.75) is 119 Å². The van der Waals surface area contributed by atoms with Gasteiger partial charge in [-0.2, -0.15) is 0 Å². The third-order valence-corrected chi connectivity index (χ3v) is 8.87. The third-order valence-electron chi connectivity index (χ3n) is 8.87. The van der Waals surface area contributed by atoms with Gasteiger partial charge in [-0.1, -0.05) is 54.7 Å². The SMILES string of the molecule is C.C.CCC(C)(C)C(=O)OC1(CC)C2CC3CC(C2)CC1C3.CCC(C)c1ccc(O)cc1. The summed E-state index contributed by atoms with van der Waals surface area (Å²) in [6.45, 7) is 12.7. The van der Waals surface area contributed by atoms with E-state index in [1.807, 2.05) is 26.0 Å². The highest BCUT2D eigenvalue weighted by Gasteiger charge is 2.59. The molecule has 4 aliphatic rings. The summed E-state index contributed by atoms with van der Waals surface area (Å²) in [5, 5.41) is 9.01. The van der Waals surface area contributed by atoms with E-state index in [1.165, 1.54) is 37.7 Å². The second-order valence-corrected chi connectivity index (χ2v) is 11.1. The van der Waals surface area contributed by atoms with Crippen molar-refractivity contribution in [3.8, 4) is 5.75 Å². The fourth-order valence-electron chi connectivity index (χ4n) is 6.29. The van der Waals surface area contributed by atoms with E-state index in [9.17, 15) is 4.79 Å². The van der Waals surface area contributed by atoms with Crippen molar-refractivity contribution < 1.29 is 14.6 Å². The fraction of sp³-hybridized carbons (Fsp3) is 0.767. The van der Waals surface area contributed by atoms with Crippen LogP contribution in [0.4, 0.5) is 0 Å². The summed E-state index contributed by atoms with van der Waals surface area (Å²) in [5.41, 5.74) is 0.832. The second-order valence-electron chi connectivity index (χ2n) is 11.1. The second kappa shape index (κ2) is 11.8. The van der Waals surface area contributed by atoms with Crippen LogP contribution in [0.1, 0.15) is 119 Å². The molecule has 3 nitrogen and oxygen atoms in total. The summed E-state index contributed by atoms with van der Waals surface area (Å²) in [5.74, 6) is 4.10. The highest BCUT2D eigenvalue weighted by molar-refractivity contribution is 5.76. The minimum Gasteiger partial charge on any atom is -0.508 e. The quantitative estimate of drug-likeness (QED) is 0.432. The summed E-state index contributed by atoms with van der Waals surface area (Å²) < 4.78 is 6.28. The van der Waals surface area contributed by atoms with Crippen molar-refractivity contribution in [2.75, 3.05) is 0 Å². The molecule has 1 unspecified atom stereocenters. The predicted octanol–water partition coefficient (Wildman–Crippen LogP) is 8.75. The molecule has 190 valence electrons. The summed E-state index contributed by atoms with van der Waals surface area (Å²) in [6.07, 6.45) is 9.67. The number of carbonyl (C=O) groups is 1. The van der Waals surface area contributed by atoms with E-state index in [0.29, 0.717) is 23.5 Å². The molecular formula is C30H52O3. The van der Waals surface area contributed by atoms with Gasteiger partial charge in [0, 0.05) is 0 Å². The lowest BCUT2D eigenvalue weighted by Crippen LogP contribution is -2.60. The average molecular weight is 461 g/mol. The molecular weight excluding hydrogens is 408 g/mol. The number of aromatic hydroxyl groups is 1. The number of ether oxygens (including phenoxy) is 1. The molecule has 0 spiro atoms. The molecule has 1 aromatic carbocycles. The summed E-state index contributed by atoms with van der Waals surface area (Å²) in [6, 6.07) is 7.43. The minimum atomic E-state index is -0.336. The lowest BCUT2D eigenvalue weighted by molar-refractivity contribution is -0.218. The largest absolute Gasteiger partial charge is 0.508 e. The van der Waals surface area contributed by atoms with Crippen LogP contribution in [0.3, 0.4) is 0 Å². The van der Waals surface area contributed by atoms with Crippen molar-refractivity contribution in [1.82, 2.24) is 0 Å². The molecule has 1 atom stereocenters. The molecule has 0 aromatic heterocycles. The molecule has 4 bridgehead atoms. The molecule has 0 heterocycles. The van der Waals surface area contributed by atoms with Gasteiger partial charge >= 0.3 is 5.97 Å². The van der Waals surface area contributed by atoms with Crippen molar-refractivity contribution in [3.63, 3.8) is 0 Å². The Kier molecular flexibility index (Phi) is 10.5. The van der Waals surface area contributed by atoms with E-state index >= 15 is 0 Å². The van der Waals surface area contributed by atoms with Crippen molar-refractivity contribution >= 4 is 5.97 Å². The Labute approximate surface area is 204 Å². The Balaban J connectivity index is 0.000000362. The zero-order valence-corrected chi connectivity index (χ0v) is 20.6. The first-order chi connectivity index (χ1) is 14.6. The van der Waals surface area contributed by atoms with E-state index in [1.54, 1.807) is 12.1 Å². The van der Waals surface area contributed by atoms with Gasteiger partial charge in [-0.25, -0.2) is 0 Å². The summed E-state index contributed by atoms with van der Waals surface area (Å²) >= 11 is 0. The lowest BCUT2D eigenvalue weighted by Gasteiger charge is -2.60. The number of benzene rings is 1. The maximum atomic E-state index is 12.6. The molecule has 1 N–H and O–H groups in total. The van der Waals surface area contributed by atoms with Crippen LogP contribution in [0.15, 0.2) is 24.3 Å². The summed E-state index contributed by atoms with van der Waals surface area (Å²) in [4.78, 5) is 12.6. The Morgan fingerprint density at radius 3 is 1.88 bits per heavy atom. The first-order valence-corrected chi connectivity index (χ1v) is 12.7. The summed E-state index contributed by atoms with van der Waals surface area (Å²) in [7, 11) is 0. The van der Waals surface area contributed by atoms with Gasteiger partial charge in [0.25, 0.3) is 0 Å². The number of rotatable bonds is 6. The van der Waals surface area contributed by atoms with Gasteiger partial charge in [0.05, 0.1) is 5.41 Å². The molecule has 33 heavy (non-hydrogen) atoms. The molecule has 0 radical (unpaired) electrons. The fourth-order valence-corrected chi connectivity index (χ4v) is 6.29. The van der Waals surface area contributed by atoms with Gasteiger partial charge in [-0.15, -0.1) is 0 Å². The average Bonchev–Trinajstić information content (AvgIpc) is 2.76. The molecule has 1 aromatic rings. The number of phenols is 1. The smallest absolute Gasteiger partial charge is 0.312 e. The third kappa shape index (κ3) is 6.14. The number of phenolic OH excluding ortho intramolecular Hbond substituents is 1. The van der Waals surface area contributed by atoms with Crippen molar-refractivity contribution in [1.29, 1.82) is 0 Å². The highest BCUT2D eigenvalue weighted by Crippen LogP contribution is 2.61. The van der Waals surface area contributed by atoms with Crippen LogP contribution in [-0.2, 0) is 9.53 Å². The Hall–Kier alpha value is -1.51. The first-order valence-electron chi connectivity index (χ1n) is 12.7. The molecule has 4 aliphatic carbocycles. The van der Waals surface area contributed by atoms with E-state index in [0.717, 1.165) is 31.1 Å². The zero-order chi connectivity index (χ0) is 22.8. The molecule has 3 heteroatoms. The standard InChI is InChI=1S/C18H30O2.C10H14O.2CH4/c1-5-17(3,4)16(19)20-18(6-2)14-8-12-7-13(10-14)11-15(18)9-12;1-3-8(2)9-4-6-10(11)7-5-9;;/h12-15H,5-11H2,1-4H3;4-8,11H,3H2,1-2H3;2*1H4. The number of carbonyl (C=O) groups excluding carboxylic acids is 1. The Bertz CT molecular complexity index is 705. The number of hydrogen-bond donors (Lipinski definition) is 1. The molecule has 4 fully saturated rings. The normalized spacial score (nSPS) is 30.2. The monoisotopic (exact) mass is 460 g/mol. The van der Waals surface area contributed by atoms with Gasteiger partial charge in [0.15, 0.2) is 0 Å². The molecule has 0 aliphatic heterocycles. The van der Waals surface area contributed by atoms with E-state index in [-0.39, 0.29) is 31.8 Å². The predicted molar refractivity (Wildman–Crippen MR) is 141 cm³/mol. The number of hydrogen-bond acceptors (Lipinski definition) is 3. The van der Waals surface area contributed by atoms with Gasteiger partial charge in [0.2, 0.25) is 0 Å². The van der Waals surface area contributed by atoms with Gasteiger partial charge in [0.1, 0.15) is 11.4 Å². The highest BCUT2D eigenvalue weighted by atomic mass is 16.6. The lowest BCUT2D eigenvalue weighted by atomic mass is 9.49. The molecule has 0 saturated heterocycles. The van der Waals surface area contributed by atoms with Crippen LogP contribution in [-0.4, -0.2) is 16.7 Å². The Morgan fingerprint density at radius 1 is 1.00 bits per heavy atom. The van der Waals surface area contributed by atoms with Crippen LogP contribution < -0.4 is 0 Å². The minimum absolute atomic E-state index is 0. The maximum Gasteiger partial charge on any atom is 0.312 e. The van der Waals surface area contributed by atoms with Crippen molar-refractivity contribution in [2.24, 2.45) is 29.1 Å². The molecule has 5 rings (SSSR count). The van der Waals surface area contributed by atoms with Crippen LogP contribution in [0.5, 0.6) is 5.75 Å². The molecule has 4 saturated carbocycles. The topological polar surface area (TPSA) is 46.5 Å². The number of esters is 1. The van der Waals surface area contributed by atoms with Crippen LogP contribution in [0, 0.1) is 29.1 Å². The van der Waals surface area contributed by atoms with E-state index in [2.05, 4.69) is 27.7 Å². The maximum absolute atomic E-state index is 12.6. The van der Waals surface area contributed by atoms with Gasteiger partial charge in [-0.05, 0) is 112 Å². The van der Waals surface area contributed by atoms with E-state index in [4.69, 9.17) is 9.84 Å².